The van der Waals surface area contributed by atoms with E-state index in [9.17, 15) is 4.79 Å². The Morgan fingerprint density at radius 2 is 2.00 bits per heavy atom. The predicted octanol–water partition coefficient (Wildman–Crippen LogP) is 2.59. The monoisotopic (exact) mass is 229 g/mol. The Bertz CT molecular complexity index is 558. The van der Waals surface area contributed by atoms with E-state index in [0.29, 0.717) is 5.69 Å². The summed E-state index contributed by atoms with van der Waals surface area (Å²) >= 11 is 0. The Morgan fingerprint density at radius 3 is 2.59 bits per heavy atom. The summed E-state index contributed by atoms with van der Waals surface area (Å²) in [7, 11) is 0. The Kier molecular flexibility index (Phi) is 2.95. The average Bonchev–Trinajstić information content (AvgIpc) is 2.70. The molecule has 88 valence electrons. The minimum atomic E-state index is -0.172. The summed E-state index contributed by atoms with van der Waals surface area (Å²) in [6.45, 7) is 5.87. The van der Waals surface area contributed by atoms with Gasteiger partial charge in [0.25, 0.3) is 5.91 Å². The summed E-state index contributed by atoms with van der Waals surface area (Å²) in [6, 6.07) is 5.84. The van der Waals surface area contributed by atoms with Crippen molar-refractivity contribution in [1.82, 2.24) is 9.97 Å². The quantitative estimate of drug-likeness (QED) is 0.831. The number of carbonyl (C=O) groups is 1. The molecule has 0 saturated heterocycles. The number of H-pyrrole nitrogens is 1. The lowest BCUT2D eigenvalue weighted by Crippen LogP contribution is -2.12. The Hall–Kier alpha value is -2.10. The van der Waals surface area contributed by atoms with Crippen molar-refractivity contribution < 1.29 is 4.79 Å². The largest absolute Gasteiger partial charge is 0.338 e. The van der Waals surface area contributed by atoms with Gasteiger partial charge >= 0.3 is 0 Å². The highest BCUT2D eigenvalue weighted by molar-refractivity contribution is 6.02. The first-order valence-corrected chi connectivity index (χ1v) is 5.46. The number of amides is 1. The number of aromatic nitrogens is 2. The zero-order valence-corrected chi connectivity index (χ0v) is 10.2. The first-order chi connectivity index (χ1) is 8.06. The maximum Gasteiger partial charge on any atom is 0.273 e. The van der Waals surface area contributed by atoms with E-state index in [1.807, 2.05) is 39.0 Å². The SMILES string of the molecule is Cc1ncc(C(=O)Nc2ccc(C)c(C)c2)[nH]1. The molecule has 0 aliphatic carbocycles. The molecule has 2 aromatic rings. The number of nitrogens with zero attached hydrogens (tertiary/aromatic N) is 1. The van der Waals surface area contributed by atoms with Gasteiger partial charge in [-0.15, -0.1) is 0 Å². The molecular formula is C13H15N3O. The van der Waals surface area contributed by atoms with Gasteiger partial charge in [0.15, 0.2) is 0 Å². The fourth-order valence-electron chi connectivity index (χ4n) is 1.55. The molecule has 4 nitrogen and oxygen atoms in total. The molecular weight excluding hydrogens is 214 g/mol. The van der Waals surface area contributed by atoms with Crippen LogP contribution in [0.5, 0.6) is 0 Å². The summed E-state index contributed by atoms with van der Waals surface area (Å²) in [6.07, 6.45) is 1.53. The smallest absolute Gasteiger partial charge is 0.273 e. The van der Waals surface area contributed by atoms with Crippen LogP contribution in [0.1, 0.15) is 27.4 Å². The van der Waals surface area contributed by atoms with E-state index in [2.05, 4.69) is 15.3 Å². The lowest BCUT2D eigenvalue weighted by Gasteiger charge is -2.06. The molecule has 0 spiro atoms. The molecule has 2 N–H and O–H groups in total. The van der Waals surface area contributed by atoms with E-state index in [1.54, 1.807) is 0 Å². The van der Waals surface area contributed by atoms with Crippen molar-refractivity contribution in [1.29, 1.82) is 0 Å². The predicted molar refractivity (Wildman–Crippen MR) is 67.2 cm³/mol. The molecule has 17 heavy (non-hydrogen) atoms. The third-order valence-electron chi connectivity index (χ3n) is 2.71. The van der Waals surface area contributed by atoms with Crippen LogP contribution < -0.4 is 5.32 Å². The van der Waals surface area contributed by atoms with Crippen LogP contribution in [-0.2, 0) is 0 Å². The molecule has 1 aromatic heterocycles. The first-order valence-electron chi connectivity index (χ1n) is 5.46. The molecule has 0 aliphatic rings. The van der Waals surface area contributed by atoms with Gasteiger partial charge in [-0.25, -0.2) is 4.98 Å². The van der Waals surface area contributed by atoms with Crippen molar-refractivity contribution in [3.05, 3.63) is 47.0 Å². The molecule has 1 amide bonds. The Balaban J connectivity index is 2.15. The van der Waals surface area contributed by atoms with Crippen LogP contribution >= 0.6 is 0 Å². The molecule has 0 saturated carbocycles. The molecule has 0 bridgehead atoms. The van der Waals surface area contributed by atoms with Crippen LogP contribution in [0.3, 0.4) is 0 Å². The normalized spacial score (nSPS) is 10.3. The third kappa shape index (κ3) is 2.53. The van der Waals surface area contributed by atoms with Gasteiger partial charge in [-0.3, -0.25) is 4.79 Å². The van der Waals surface area contributed by atoms with Crippen molar-refractivity contribution in [2.24, 2.45) is 0 Å². The van der Waals surface area contributed by atoms with Gasteiger partial charge < -0.3 is 10.3 Å². The highest BCUT2D eigenvalue weighted by atomic mass is 16.1. The summed E-state index contributed by atoms with van der Waals surface area (Å²) < 4.78 is 0. The highest BCUT2D eigenvalue weighted by Crippen LogP contribution is 2.14. The van der Waals surface area contributed by atoms with E-state index in [-0.39, 0.29) is 5.91 Å². The molecule has 0 fully saturated rings. The standard InChI is InChI=1S/C13H15N3O/c1-8-4-5-11(6-9(8)2)16-13(17)12-7-14-10(3)15-12/h4-7H,1-3H3,(H,14,15)(H,16,17). The Labute approximate surface area is 100 Å². The van der Waals surface area contributed by atoms with Gasteiger partial charge in [0, 0.05) is 5.69 Å². The second kappa shape index (κ2) is 4.41. The number of benzene rings is 1. The van der Waals surface area contributed by atoms with E-state index >= 15 is 0 Å². The van der Waals surface area contributed by atoms with Crippen molar-refractivity contribution in [3.63, 3.8) is 0 Å². The number of hydrogen-bond acceptors (Lipinski definition) is 2. The van der Waals surface area contributed by atoms with Crippen LogP contribution in [0, 0.1) is 20.8 Å². The third-order valence-corrected chi connectivity index (χ3v) is 2.71. The van der Waals surface area contributed by atoms with E-state index in [4.69, 9.17) is 0 Å². The summed E-state index contributed by atoms with van der Waals surface area (Å²) in [4.78, 5) is 18.7. The minimum Gasteiger partial charge on any atom is -0.338 e. The lowest BCUT2D eigenvalue weighted by molar-refractivity contribution is 0.102. The van der Waals surface area contributed by atoms with E-state index < -0.39 is 0 Å². The number of imidazole rings is 1. The van der Waals surface area contributed by atoms with Crippen molar-refractivity contribution in [3.8, 4) is 0 Å². The number of hydrogen-bond donors (Lipinski definition) is 2. The summed E-state index contributed by atoms with van der Waals surface area (Å²) in [5.41, 5.74) is 3.63. The number of rotatable bonds is 2. The fraction of sp³-hybridized carbons (Fsp3) is 0.231. The first kappa shape index (κ1) is 11.4. The van der Waals surface area contributed by atoms with Crippen LogP contribution in [0.2, 0.25) is 0 Å². The molecule has 0 aliphatic heterocycles. The molecule has 2 rings (SSSR count). The van der Waals surface area contributed by atoms with Crippen molar-refractivity contribution >= 4 is 11.6 Å². The average molecular weight is 229 g/mol. The molecule has 0 atom stereocenters. The lowest BCUT2D eigenvalue weighted by atomic mass is 10.1. The summed E-state index contributed by atoms with van der Waals surface area (Å²) in [5.74, 6) is 0.559. The molecule has 1 aromatic carbocycles. The zero-order valence-electron chi connectivity index (χ0n) is 10.2. The number of nitrogens with one attached hydrogen (secondary N) is 2. The minimum absolute atomic E-state index is 0.172. The van der Waals surface area contributed by atoms with Gasteiger partial charge in [-0.2, -0.15) is 0 Å². The maximum atomic E-state index is 11.8. The fourth-order valence-corrected chi connectivity index (χ4v) is 1.55. The molecule has 4 heteroatoms. The maximum absolute atomic E-state index is 11.8. The van der Waals surface area contributed by atoms with E-state index in [1.165, 1.54) is 11.8 Å². The van der Waals surface area contributed by atoms with Crippen LogP contribution in [0.4, 0.5) is 5.69 Å². The molecule has 0 radical (unpaired) electrons. The van der Waals surface area contributed by atoms with Crippen molar-refractivity contribution in [2.75, 3.05) is 5.32 Å². The number of anilines is 1. The number of aryl methyl sites for hydroxylation is 3. The van der Waals surface area contributed by atoms with Crippen molar-refractivity contribution in [2.45, 2.75) is 20.8 Å². The second-order valence-corrected chi connectivity index (χ2v) is 4.14. The molecule has 1 heterocycles. The van der Waals surface area contributed by atoms with Crippen LogP contribution in [0.25, 0.3) is 0 Å². The number of carbonyl (C=O) groups excluding carboxylic acids is 1. The molecule has 0 unspecified atom stereocenters. The van der Waals surface area contributed by atoms with Crippen LogP contribution in [0.15, 0.2) is 24.4 Å². The van der Waals surface area contributed by atoms with E-state index in [0.717, 1.165) is 17.1 Å². The van der Waals surface area contributed by atoms with Gasteiger partial charge in [0.1, 0.15) is 11.5 Å². The Morgan fingerprint density at radius 1 is 1.24 bits per heavy atom. The summed E-state index contributed by atoms with van der Waals surface area (Å²) in [5, 5.41) is 2.83. The van der Waals surface area contributed by atoms with Gasteiger partial charge in [-0.05, 0) is 44.0 Å². The highest BCUT2D eigenvalue weighted by Gasteiger charge is 2.08. The van der Waals surface area contributed by atoms with Gasteiger partial charge in [-0.1, -0.05) is 6.07 Å². The van der Waals surface area contributed by atoms with Gasteiger partial charge in [0.2, 0.25) is 0 Å². The number of aromatic amines is 1. The zero-order chi connectivity index (χ0) is 12.4. The van der Waals surface area contributed by atoms with Gasteiger partial charge in [0.05, 0.1) is 6.20 Å². The topological polar surface area (TPSA) is 57.8 Å². The van der Waals surface area contributed by atoms with Crippen LogP contribution in [-0.4, -0.2) is 15.9 Å². The second-order valence-electron chi connectivity index (χ2n) is 4.14.